The Morgan fingerprint density at radius 2 is 1.62 bits per heavy atom. The quantitative estimate of drug-likeness (QED) is 0.399. The lowest BCUT2D eigenvalue weighted by atomic mass is 9.70. The molecular weight excluding hydrogens is 488 g/mol. The number of nitrogens with zero attached hydrogens (tertiary/aromatic N) is 1. The van der Waals surface area contributed by atoms with Crippen LogP contribution in [0, 0.1) is 0 Å². The number of hydrogen-bond donors (Lipinski definition) is 2. The van der Waals surface area contributed by atoms with Crippen molar-refractivity contribution >= 4 is 12.6 Å². The smallest absolute Gasteiger partial charge is 0.399 e. The summed E-state index contributed by atoms with van der Waals surface area (Å²) < 4.78 is 26.7. The van der Waals surface area contributed by atoms with Gasteiger partial charge in [0.25, 0.3) is 0 Å². The van der Waals surface area contributed by atoms with E-state index in [1.54, 1.807) is 0 Å². The third-order valence-electron chi connectivity index (χ3n) is 10.3. The lowest BCUT2D eigenvalue weighted by Gasteiger charge is -2.32. The van der Waals surface area contributed by atoms with Crippen LogP contribution in [0.5, 0.6) is 0 Å². The molecule has 3 fully saturated rings. The van der Waals surface area contributed by atoms with Crippen molar-refractivity contribution in [1.82, 2.24) is 15.3 Å². The number of aromatic nitrogens is 2. The van der Waals surface area contributed by atoms with Gasteiger partial charge in [-0.1, -0.05) is 49.2 Å². The van der Waals surface area contributed by atoms with Crippen LogP contribution in [0.25, 0.3) is 22.4 Å². The fraction of sp³-hybridized carbons (Fsp3) is 0.531. The molecule has 2 aliphatic heterocycles. The maximum absolute atomic E-state index is 13.7. The molecule has 1 spiro atoms. The van der Waals surface area contributed by atoms with Crippen molar-refractivity contribution in [3.8, 4) is 22.4 Å². The summed E-state index contributed by atoms with van der Waals surface area (Å²) >= 11 is 0. The predicted molar refractivity (Wildman–Crippen MR) is 154 cm³/mol. The Hall–Kier alpha value is -2.48. The first kappa shape index (κ1) is 25.5. The maximum Gasteiger partial charge on any atom is 0.495 e. The Labute approximate surface area is 231 Å². The molecule has 5 nitrogen and oxygen atoms in total. The van der Waals surface area contributed by atoms with Gasteiger partial charge < -0.3 is 19.6 Å². The van der Waals surface area contributed by atoms with E-state index >= 15 is 0 Å². The number of rotatable bonds is 4. The highest BCUT2D eigenvalue weighted by Crippen LogP contribution is 2.53. The van der Waals surface area contributed by atoms with Crippen molar-refractivity contribution in [2.45, 2.75) is 101 Å². The number of fused-ring (bicyclic) bond motifs is 2. The van der Waals surface area contributed by atoms with E-state index in [-0.39, 0.29) is 29.8 Å². The number of imidazole rings is 1. The van der Waals surface area contributed by atoms with Crippen LogP contribution in [0.4, 0.5) is 4.39 Å². The van der Waals surface area contributed by atoms with Gasteiger partial charge >= 0.3 is 7.12 Å². The lowest BCUT2D eigenvalue weighted by Crippen LogP contribution is -2.41. The summed E-state index contributed by atoms with van der Waals surface area (Å²) in [5.74, 6) is 0.813. The predicted octanol–water partition coefficient (Wildman–Crippen LogP) is 6.17. The van der Waals surface area contributed by atoms with E-state index in [4.69, 9.17) is 14.3 Å². The molecule has 2 N–H and O–H groups in total. The molecule has 0 bridgehead atoms. The number of halogens is 1. The fourth-order valence-corrected chi connectivity index (χ4v) is 7.40. The summed E-state index contributed by atoms with van der Waals surface area (Å²) in [4.78, 5) is 8.04. The van der Waals surface area contributed by atoms with Gasteiger partial charge in [0.05, 0.1) is 22.9 Å². The van der Waals surface area contributed by atoms with Crippen molar-refractivity contribution in [1.29, 1.82) is 0 Å². The van der Waals surface area contributed by atoms with Crippen LogP contribution >= 0.6 is 0 Å². The summed E-state index contributed by atoms with van der Waals surface area (Å²) in [6.45, 7) is 8.92. The van der Waals surface area contributed by atoms with Crippen LogP contribution < -0.4 is 10.8 Å². The lowest BCUT2D eigenvalue weighted by molar-refractivity contribution is 0.00578. The monoisotopic (exact) mass is 527 g/mol. The highest BCUT2D eigenvalue weighted by Gasteiger charge is 2.53. The number of hydrogen-bond acceptors (Lipinski definition) is 4. The first-order valence-electron chi connectivity index (χ1n) is 14.7. The van der Waals surface area contributed by atoms with E-state index in [1.807, 2.05) is 6.20 Å². The average Bonchev–Trinajstić information content (AvgIpc) is 3.73. The molecule has 7 rings (SSSR count). The second-order valence-electron chi connectivity index (χ2n) is 13.2. The third-order valence-corrected chi connectivity index (χ3v) is 10.3. The molecule has 0 radical (unpaired) electrons. The van der Waals surface area contributed by atoms with Crippen molar-refractivity contribution in [3.05, 3.63) is 59.5 Å². The molecule has 2 aromatic carbocycles. The molecule has 3 aromatic rings. The Balaban J connectivity index is 1.23. The summed E-state index contributed by atoms with van der Waals surface area (Å²) in [5.41, 5.74) is 8.33. The third kappa shape index (κ3) is 4.11. The van der Waals surface area contributed by atoms with Crippen molar-refractivity contribution < 1.29 is 13.7 Å². The van der Waals surface area contributed by atoms with Gasteiger partial charge in [0.2, 0.25) is 0 Å². The summed E-state index contributed by atoms with van der Waals surface area (Å²) in [7, 11) is -0.326. The molecule has 2 aliphatic carbocycles. The van der Waals surface area contributed by atoms with Crippen LogP contribution in [-0.4, -0.2) is 41.0 Å². The molecule has 7 heteroatoms. The zero-order valence-corrected chi connectivity index (χ0v) is 23.6. The van der Waals surface area contributed by atoms with Gasteiger partial charge in [-0.15, -0.1) is 0 Å². The molecule has 1 saturated carbocycles. The van der Waals surface area contributed by atoms with Crippen LogP contribution in [0.2, 0.25) is 0 Å². The van der Waals surface area contributed by atoms with Crippen molar-refractivity contribution in [2.24, 2.45) is 0 Å². The van der Waals surface area contributed by atoms with E-state index in [9.17, 15) is 4.39 Å². The van der Waals surface area contributed by atoms with Crippen molar-refractivity contribution in [2.75, 3.05) is 6.54 Å². The average molecular weight is 527 g/mol. The Morgan fingerprint density at radius 1 is 0.923 bits per heavy atom. The minimum absolute atomic E-state index is 0.0410. The topological polar surface area (TPSA) is 59.2 Å². The minimum Gasteiger partial charge on any atom is -0.399 e. The highest BCUT2D eigenvalue weighted by atomic mass is 19.1. The van der Waals surface area contributed by atoms with E-state index in [2.05, 4.69) is 74.4 Å². The summed E-state index contributed by atoms with van der Waals surface area (Å²) in [5, 5.41) is 3.21. The van der Waals surface area contributed by atoms with Crippen LogP contribution in [0.1, 0.15) is 89.2 Å². The minimum atomic E-state index is -0.802. The van der Waals surface area contributed by atoms with Gasteiger partial charge in [-0.05, 0) is 86.5 Å². The Morgan fingerprint density at radius 3 is 2.28 bits per heavy atom. The van der Waals surface area contributed by atoms with Gasteiger partial charge in [-0.25, -0.2) is 9.37 Å². The highest BCUT2D eigenvalue weighted by molar-refractivity contribution is 6.62. The van der Waals surface area contributed by atoms with Gasteiger partial charge in [0.15, 0.2) is 0 Å². The molecule has 0 amide bonds. The molecule has 2 atom stereocenters. The van der Waals surface area contributed by atoms with E-state index in [1.165, 1.54) is 59.8 Å². The Kier molecular flexibility index (Phi) is 5.89. The molecule has 204 valence electrons. The van der Waals surface area contributed by atoms with Gasteiger partial charge in [-0.2, -0.15) is 0 Å². The number of aromatic amines is 1. The maximum atomic E-state index is 13.7. The van der Waals surface area contributed by atoms with Gasteiger partial charge in [0.1, 0.15) is 12.0 Å². The molecular formula is C32H39BFN3O2. The second-order valence-corrected chi connectivity index (χ2v) is 13.2. The Bertz CT molecular complexity index is 1380. The molecule has 2 saturated heterocycles. The van der Waals surface area contributed by atoms with E-state index in [0.29, 0.717) is 13.0 Å². The standard InChI is InChI=1S/C32H39BFN3O2/c1-30(2)31(3,4)39-33(38-30)25-12-11-23(28-24(25)13-16-32(28)14-5-6-15-32)20-7-9-21(10-8-20)27-19-36-29(37-27)26-17-22(34)18-35-26/h7-12,19,22,26,35H,5-6,13-18H2,1-4H3,(H,36,37)/t22-,26-/m0/s1. The zero-order chi connectivity index (χ0) is 27.0. The van der Waals surface area contributed by atoms with Gasteiger partial charge in [-0.3, -0.25) is 0 Å². The van der Waals surface area contributed by atoms with Crippen LogP contribution in [0.3, 0.4) is 0 Å². The zero-order valence-electron chi connectivity index (χ0n) is 23.6. The van der Waals surface area contributed by atoms with E-state index < -0.39 is 6.17 Å². The first-order chi connectivity index (χ1) is 18.7. The van der Waals surface area contributed by atoms with Crippen LogP contribution in [-0.2, 0) is 21.1 Å². The van der Waals surface area contributed by atoms with Crippen LogP contribution in [0.15, 0.2) is 42.6 Å². The summed E-state index contributed by atoms with van der Waals surface area (Å²) in [6.07, 6.45) is 9.05. The number of nitrogens with one attached hydrogen (secondary N) is 2. The normalized spacial score (nSPS) is 26.5. The van der Waals surface area contributed by atoms with E-state index in [0.717, 1.165) is 23.5 Å². The summed E-state index contributed by atoms with van der Waals surface area (Å²) in [6, 6.07) is 13.3. The molecule has 39 heavy (non-hydrogen) atoms. The first-order valence-corrected chi connectivity index (χ1v) is 14.7. The molecule has 0 unspecified atom stereocenters. The molecule has 4 aliphatic rings. The number of alkyl halides is 1. The second kappa shape index (κ2) is 9.02. The van der Waals surface area contributed by atoms with Crippen molar-refractivity contribution in [3.63, 3.8) is 0 Å². The number of H-pyrrole nitrogens is 1. The molecule has 1 aromatic heterocycles. The largest absolute Gasteiger partial charge is 0.495 e. The number of benzene rings is 2. The SMILES string of the molecule is CC1(C)OB(c2ccc(-c3ccc(-c4c[nH]c([C@@H]5C[C@H](F)CN5)n4)cc3)c3c2CCC32CCCC2)OC1(C)C. The molecule has 3 heterocycles. The fourth-order valence-electron chi connectivity index (χ4n) is 7.40. The van der Waals surface area contributed by atoms with Gasteiger partial charge in [0, 0.05) is 24.7 Å².